The molecule has 1 N–H and O–H groups in total. The molecule has 1 saturated heterocycles. The molecule has 0 aliphatic carbocycles. The number of anilines is 1. The quantitative estimate of drug-likeness (QED) is 0.802. The average molecular weight is 306 g/mol. The third kappa shape index (κ3) is 2.48. The number of hydrogen-bond acceptors (Lipinski definition) is 4. The number of nitrogens with one attached hydrogen (secondary N) is 1. The number of aryl methyl sites for hydroxylation is 1. The topological polar surface area (TPSA) is 58.6 Å². The molecule has 2 aliphatic heterocycles. The third-order valence-corrected chi connectivity index (χ3v) is 4.78. The van der Waals surface area contributed by atoms with Gasteiger partial charge in [0.15, 0.2) is 0 Å². The van der Waals surface area contributed by atoms with Gasteiger partial charge in [-0.1, -0.05) is 6.07 Å². The fourth-order valence-corrected chi connectivity index (χ4v) is 3.45. The molecule has 0 radical (unpaired) electrons. The van der Waals surface area contributed by atoms with Crippen molar-refractivity contribution >= 4 is 29.3 Å². The molecule has 0 saturated carbocycles. The van der Waals surface area contributed by atoms with Gasteiger partial charge in [-0.05, 0) is 31.5 Å². The Balaban J connectivity index is 1.88. The molecule has 2 heterocycles. The minimum atomic E-state index is -1.48. The van der Waals surface area contributed by atoms with Crippen LogP contribution in [0.5, 0.6) is 5.75 Å². The molecule has 5 nitrogen and oxygen atoms in total. The summed E-state index contributed by atoms with van der Waals surface area (Å²) in [6.45, 7) is 4.82. The number of nitrogens with zero attached hydrogens (tertiary/aromatic N) is 1. The van der Waals surface area contributed by atoms with Crippen molar-refractivity contribution in [2.24, 2.45) is 0 Å². The van der Waals surface area contributed by atoms with Gasteiger partial charge in [0.2, 0.25) is 0 Å². The van der Waals surface area contributed by atoms with Crippen LogP contribution in [0.3, 0.4) is 0 Å². The first kappa shape index (κ1) is 14.3. The van der Waals surface area contributed by atoms with Crippen molar-refractivity contribution in [3.8, 4) is 5.75 Å². The molecule has 2 aliphatic rings. The highest BCUT2D eigenvalue weighted by Gasteiger charge is 2.49. The van der Waals surface area contributed by atoms with Crippen LogP contribution in [0.1, 0.15) is 12.5 Å². The first-order valence-corrected chi connectivity index (χ1v) is 8.14. The minimum absolute atomic E-state index is 0.258. The van der Waals surface area contributed by atoms with E-state index in [0.29, 0.717) is 24.5 Å². The second-order valence-corrected chi connectivity index (χ2v) is 6.72. The summed E-state index contributed by atoms with van der Waals surface area (Å²) < 4.78 is 5.79. The van der Waals surface area contributed by atoms with E-state index in [4.69, 9.17) is 4.74 Å². The van der Waals surface area contributed by atoms with Crippen LogP contribution in [0.15, 0.2) is 18.2 Å². The van der Waals surface area contributed by atoms with Crippen molar-refractivity contribution in [2.75, 3.05) is 29.9 Å². The molecule has 21 heavy (non-hydrogen) atoms. The normalized spacial score (nSPS) is 24.9. The van der Waals surface area contributed by atoms with Crippen LogP contribution in [0, 0.1) is 6.92 Å². The van der Waals surface area contributed by atoms with Gasteiger partial charge < -0.3 is 15.0 Å². The van der Waals surface area contributed by atoms with Crippen molar-refractivity contribution < 1.29 is 14.3 Å². The highest BCUT2D eigenvalue weighted by atomic mass is 32.2. The van der Waals surface area contributed by atoms with E-state index in [2.05, 4.69) is 5.32 Å². The number of fused-ring (bicyclic) bond motifs is 1. The van der Waals surface area contributed by atoms with Crippen LogP contribution < -0.4 is 10.1 Å². The number of thioether (sulfide) groups is 1. The fraction of sp³-hybridized carbons (Fsp3) is 0.467. The van der Waals surface area contributed by atoms with Gasteiger partial charge in [0, 0.05) is 24.6 Å². The summed E-state index contributed by atoms with van der Waals surface area (Å²) in [7, 11) is 0. The molecule has 1 atom stereocenters. The van der Waals surface area contributed by atoms with Gasteiger partial charge in [-0.15, -0.1) is 0 Å². The molecular formula is C15H18N2O3S. The van der Waals surface area contributed by atoms with E-state index in [1.54, 1.807) is 17.9 Å². The highest BCUT2D eigenvalue weighted by Crippen LogP contribution is 2.35. The molecule has 3 rings (SSSR count). The molecule has 6 heteroatoms. The summed E-state index contributed by atoms with van der Waals surface area (Å²) in [6, 6.07) is 5.54. The predicted molar refractivity (Wildman–Crippen MR) is 82.7 cm³/mol. The van der Waals surface area contributed by atoms with E-state index in [1.165, 1.54) is 0 Å². The largest absolute Gasteiger partial charge is 0.466 e. The summed E-state index contributed by atoms with van der Waals surface area (Å²) in [5.74, 6) is 1.69. The van der Waals surface area contributed by atoms with Gasteiger partial charge >= 0.3 is 0 Å². The van der Waals surface area contributed by atoms with E-state index in [-0.39, 0.29) is 5.91 Å². The Kier molecular flexibility index (Phi) is 3.57. The van der Waals surface area contributed by atoms with Gasteiger partial charge in [-0.3, -0.25) is 9.59 Å². The maximum atomic E-state index is 12.7. The summed E-state index contributed by atoms with van der Waals surface area (Å²) in [6.07, 6.45) is 0. The van der Waals surface area contributed by atoms with Crippen LogP contribution in [-0.2, 0) is 9.59 Å². The average Bonchev–Trinajstić information content (AvgIpc) is 2.49. The Hall–Kier alpha value is -1.69. The standard InChI is InChI=1S/C15H18N2O3S/c1-10-3-4-12-11(9-10)16-13(18)15(2,20-12)14(19)17-5-7-21-8-6-17/h3-4,9H,5-8H2,1-2H3,(H,16,18)/t15-/m1/s1. The Bertz CT molecular complexity index is 599. The Morgan fingerprint density at radius 2 is 2.10 bits per heavy atom. The number of ether oxygens (including phenoxy) is 1. The Labute approximate surface area is 128 Å². The zero-order chi connectivity index (χ0) is 15.0. The Morgan fingerprint density at radius 3 is 2.81 bits per heavy atom. The number of amides is 2. The number of rotatable bonds is 1. The first-order chi connectivity index (χ1) is 10.0. The Morgan fingerprint density at radius 1 is 1.38 bits per heavy atom. The zero-order valence-electron chi connectivity index (χ0n) is 12.1. The molecule has 0 unspecified atom stereocenters. The third-order valence-electron chi connectivity index (χ3n) is 3.84. The number of hydrogen-bond donors (Lipinski definition) is 1. The molecular weight excluding hydrogens is 288 g/mol. The lowest BCUT2D eigenvalue weighted by atomic mass is 10.00. The number of benzene rings is 1. The minimum Gasteiger partial charge on any atom is -0.466 e. The maximum absolute atomic E-state index is 12.7. The van der Waals surface area contributed by atoms with E-state index >= 15 is 0 Å². The highest BCUT2D eigenvalue weighted by molar-refractivity contribution is 7.99. The lowest BCUT2D eigenvalue weighted by molar-refractivity contribution is -0.154. The van der Waals surface area contributed by atoms with Crippen molar-refractivity contribution in [1.29, 1.82) is 0 Å². The van der Waals surface area contributed by atoms with Crippen LogP contribution in [0.4, 0.5) is 5.69 Å². The maximum Gasteiger partial charge on any atom is 0.278 e. The van der Waals surface area contributed by atoms with E-state index < -0.39 is 11.5 Å². The van der Waals surface area contributed by atoms with Crippen LogP contribution >= 0.6 is 11.8 Å². The van der Waals surface area contributed by atoms with Gasteiger partial charge in [0.25, 0.3) is 17.4 Å². The van der Waals surface area contributed by atoms with Crippen molar-refractivity contribution in [2.45, 2.75) is 19.4 Å². The molecule has 2 amide bonds. The van der Waals surface area contributed by atoms with Crippen molar-refractivity contribution in [3.63, 3.8) is 0 Å². The number of carbonyl (C=O) groups excluding carboxylic acids is 2. The lowest BCUT2D eigenvalue weighted by Gasteiger charge is -2.38. The summed E-state index contributed by atoms with van der Waals surface area (Å²) >= 11 is 1.82. The summed E-state index contributed by atoms with van der Waals surface area (Å²) in [4.78, 5) is 26.8. The van der Waals surface area contributed by atoms with E-state index in [9.17, 15) is 9.59 Å². The first-order valence-electron chi connectivity index (χ1n) is 6.99. The predicted octanol–water partition coefficient (Wildman–Crippen LogP) is 1.66. The fourth-order valence-electron chi connectivity index (χ4n) is 2.55. The van der Waals surface area contributed by atoms with Crippen LogP contribution in [0.25, 0.3) is 0 Å². The summed E-state index contributed by atoms with van der Waals surface area (Å²) in [5, 5.41) is 2.79. The molecule has 1 fully saturated rings. The van der Waals surface area contributed by atoms with Gasteiger partial charge in [-0.2, -0.15) is 11.8 Å². The molecule has 0 aromatic heterocycles. The monoisotopic (exact) mass is 306 g/mol. The van der Waals surface area contributed by atoms with Crippen LogP contribution in [-0.4, -0.2) is 46.9 Å². The van der Waals surface area contributed by atoms with Crippen LogP contribution in [0.2, 0.25) is 0 Å². The van der Waals surface area contributed by atoms with E-state index in [1.807, 2.05) is 30.8 Å². The molecule has 112 valence electrons. The van der Waals surface area contributed by atoms with Gasteiger partial charge in [0.05, 0.1) is 5.69 Å². The SMILES string of the molecule is Cc1ccc2c(c1)NC(=O)[C@](C)(C(=O)N1CCSCC1)O2. The van der Waals surface area contributed by atoms with Gasteiger partial charge in [0.1, 0.15) is 5.75 Å². The molecule has 0 bridgehead atoms. The van der Waals surface area contributed by atoms with Crippen molar-refractivity contribution in [3.05, 3.63) is 23.8 Å². The second kappa shape index (κ2) is 5.26. The molecule has 1 aromatic rings. The van der Waals surface area contributed by atoms with Gasteiger partial charge in [-0.25, -0.2) is 0 Å². The van der Waals surface area contributed by atoms with E-state index in [0.717, 1.165) is 17.1 Å². The smallest absolute Gasteiger partial charge is 0.278 e. The second-order valence-electron chi connectivity index (χ2n) is 5.49. The summed E-state index contributed by atoms with van der Waals surface area (Å²) in [5.41, 5.74) is 0.171. The molecule has 0 spiro atoms. The zero-order valence-corrected chi connectivity index (χ0v) is 13.0. The lowest BCUT2D eigenvalue weighted by Crippen LogP contribution is -2.60. The number of carbonyl (C=O) groups is 2. The van der Waals surface area contributed by atoms with Crippen molar-refractivity contribution in [1.82, 2.24) is 4.90 Å². The molecule has 1 aromatic carbocycles.